The number of carbonyl (C=O) groups excluding carboxylic acids is 2. The number of pyridine rings is 2. The largest absolute Gasteiger partial charge is 0.347 e. The Morgan fingerprint density at radius 1 is 0.610 bits per heavy atom. The zero-order chi connectivity index (χ0) is 28.7. The Kier molecular flexibility index (Phi) is 6.08. The van der Waals surface area contributed by atoms with E-state index < -0.39 is 9.85 Å². The van der Waals surface area contributed by atoms with Gasteiger partial charge < -0.3 is 0 Å². The number of amides is 2. The molecule has 0 atom stereocenters. The minimum atomic E-state index is -0.674. The molecule has 3 aromatic carbocycles. The van der Waals surface area contributed by atoms with E-state index in [0.29, 0.717) is 16.8 Å². The van der Waals surface area contributed by atoms with Crippen LogP contribution >= 0.6 is 0 Å². The fraction of sp³-hybridized carbons (Fsp3) is 0. The van der Waals surface area contributed by atoms with Crippen molar-refractivity contribution in [2.75, 3.05) is 4.90 Å². The van der Waals surface area contributed by atoms with Crippen molar-refractivity contribution in [2.24, 2.45) is 0 Å². The molecule has 0 unspecified atom stereocenters. The minimum absolute atomic E-state index is 0.205. The highest BCUT2D eigenvalue weighted by Crippen LogP contribution is 2.29. The van der Waals surface area contributed by atoms with Crippen molar-refractivity contribution in [1.82, 2.24) is 0 Å². The normalized spacial score (nSPS) is 12.3. The van der Waals surface area contributed by atoms with E-state index in [-0.39, 0.29) is 28.9 Å². The second-order valence-electron chi connectivity index (χ2n) is 9.19. The molecule has 0 radical (unpaired) electrons. The summed E-state index contributed by atoms with van der Waals surface area (Å²) in [7, 11) is 0. The standard InChI is InChI=1S/C30H19N5O6/c36-29-25-6-1-2-7-26(25)30(37)33(29)23-5-3-4-22(18-23)31-14-10-20(11-15-31)21-12-16-32(17-13-21)27-9-8-24(34(38)39)19-28(27)35(40)41/h1-19H/q+2. The molecule has 11 heteroatoms. The number of nitro groups is 2. The molecule has 0 bridgehead atoms. The summed E-state index contributed by atoms with van der Waals surface area (Å²) in [5.41, 5.74) is 3.18. The second-order valence-corrected chi connectivity index (χ2v) is 9.19. The molecule has 0 spiro atoms. The molecule has 0 N–H and O–H groups in total. The monoisotopic (exact) mass is 545 g/mol. The van der Waals surface area contributed by atoms with Gasteiger partial charge in [0.05, 0.1) is 26.7 Å². The van der Waals surface area contributed by atoms with Gasteiger partial charge in [0.25, 0.3) is 23.2 Å². The molecule has 0 saturated heterocycles. The van der Waals surface area contributed by atoms with Crippen LogP contribution in [0.25, 0.3) is 22.5 Å². The predicted octanol–water partition coefficient (Wildman–Crippen LogP) is 4.52. The Morgan fingerprint density at radius 2 is 1.20 bits per heavy atom. The van der Waals surface area contributed by atoms with Crippen molar-refractivity contribution in [1.29, 1.82) is 0 Å². The van der Waals surface area contributed by atoms with Crippen LogP contribution in [0.1, 0.15) is 20.7 Å². The summed E-state index contributed by atoms with van der Waals surface area (Å²) in [5.74, 6) is -0.716. The van der Waals surface area contributed by atoms with Gasteiger partial charge in [-0.2, -0.15) is 9.13 Å². The molecular formula is C30H19N5O6+2. The van der Waals surface area contributed by atoms with Crippen molar-refractivity contribution < 1.29 is 28.6 Å². The van der Waals surface area contributed by atoms with Crippen molar-refractivity contribution in [3.63, 3.8) is 0 Å². The number of aromatic nitrogens is 2. The summed E-state index contributed by atoms with van der Waals surface area (Å²) in [4.78, 5) is 48.2. The van der Waals surface area contributed by atoms with Crippen LogP contribution in [0, 0.1) is 20.2 Å². The fourth-order valence-electron chi connectivity index (χ4n) is 4.78. The lowest BCUT2D eigenvalue weighted by molar-refractivity contribution is -0.600. The quantitative estimate of drug-likeness (QED) is 0.133. The number of anilines is 1. The summed E-state index contributed by atoms with van der Waals surface area (Å²) >= 11 is 0. The zero-order valence-electron chi connectivity index (χ0n) is 21.2. The molecule has 2 amide bonds. The molecule has 1 aliphatic heterocycles. The maximum atomic E-state index is 12.9. The van der Waals surface area contributed by atoms with E-state index >= 15 is 0 Å². The van der Waals surface area contributed by atoms with Gasteiger partial charge in [0, 0.05) is 48.5 Å². The highest BCUT2D eigenvalue weighted by Gasteiger charge is 2.36. The molecule has 41 heavy (non-hydrogen) atoms. The molecule has 5 aromatic rings. The first-order chi connectivity index (χ1) is 19.8. The second kappa shape index (κ2) is 9.89. The van der Waals surface area contributed by atoms with Gasteiger partial charge in [-0.05, 0) is 29.3 Å². The molecule has 0 aliphatic carbocycles. The topological polar surface area (TPSA) is 131 Å². The average Bonchev–Trinajstić information content (AvgIpc) is 3.26. The highest BCUT2D eigenvalue weighted by atomic mass is 16.6. The van der Waals surface area contributed by atoms with E-state index in [1.165, 1.54) is 21.6 Å². The van der Waals surface area contributed by atoms with Gasteiger partial charge in [0.2, 0.25) is 5.69 Å². The van der Waals surface area contributed by atoms with Crippen molar-refractivity contribution in [3.05, 3.63) is 147 Å². The maximum absolute atomic E-state index is 12.9. The highest BCUT2D eigenvalue weighted by molar-refractivity contribution is 6.34. The van der Waals surface area contributed by atoms with Gasteiger partial charge >= 0.3 is 5.69 Å². The number of carbonyl (C=O) groups is 2. The number of non-ortho nitro benzene ring substituents is 1. The predicted molar refractivity (Wildman–Crippen MR) is 146 cm³/mol. The van der Waals surface area contributed by atoms with Crippen LogP contribution in [-0.2, 0) is 0 Å². The van der Waals surface area contributed by atoms with Crippen molar-refractivity contribution >= 4 is 28.9 Å². The Morgan fingerprint density at radius 3 is 1.76 bits per heavy atom. The average molecular weight is 546 g/mol. The number of nitrogens with zero attached hydrogens (tertiary/aromatic N) is 5. The minimum Gasteiger partial charge on any atom is -0.268 e. The molecule has 198 valence electrons. The lowest BCUT2D eigenvalue weighted by Gasteiger charge is -2.13. The van der Waals surface area contributed by atoms with Crippen molar-refractivity contribution in [2.45, 2.75) is 0 Å². The van der Waals surface area contributed by atoms with Gasteiger partial charge in [0.1, 0.15) is 6.07 Å². The van der Waals surface area contributed by atoms with Crippen LogP contribution in [0.5, 0.6) is 0 Å². The Labute approximate surface area is 232 Å². The van der Waals surface area contributed by atoms with E-state index in [4.69, 9.17) is 0 Å². The Hall–Kier alpha value is -6.10. The molecule has 2 aromatic heterocycles. The van der Waals surface area contributed by atoms with E-state index in [9.17, 15) is 29.8 Å². The summed E-state index contributed by atoms with van der Waals surface area (Å²) in [6, 6.07) is 24.7. The number of hydrogen-bond acceptors (Lipinski definition) is 6. The number of benzene rings is 3. The first-order valence-corrected chi connectivity index (χ1v) is 12.4. The van der Waals surface area contributed by atoms with Crippen LogP contribution < -0.4 is 14.0 Å². The van der Waals surface area contributed by atoms with Crippen LogP contribution in [0.2, 0.25) is 0 Å². The smallest absolute Gasteiger partial charge is 0.268 e. The molecule has 0 fully saturated rings. The van der Waals surface area contributed by atoms with Gasteiger partial charge in [-0.1, -0.05) is 18.2 Å². The van der Waals surface area contributed by atoms with Crippen LogP contribution in [-0.4, -0.2) is 21.7 Å². The van der Waals surface area contributed by atoms with Crippen LogP contribution in [0.3, 0.4) is 0 Å². The third-order valence-electron chi connectivity index (χ3n) is 6.82. The number of imide groups is 1. The van der Waals surface area contributed by atoms with E-state index in [2.05, 4.69) is 0 Å². The molecule has 0 saturated carbocycles. The van der Waals surface area contributed by atoms with Gasteiger partial charge in [0.15, 0.2) is 24.8 Å². The molecule has 1 aliphatic rings. The number of fused-ring (bicyclic) bond motifs is 1. The first-order valence-electron chi connectivity index (χ1n) is 12.4. The fourth-order valence-corrected chi connectivity index (χ4v) is 4.78. The van der Waals surface area contributed by atoms with Crippen LogP contribution in [0.4, 0.5) is 17.1 Å². The SMILES string of the molecule is O=C1c2ccccc2C(=O)N1c1cccc(-[n+]2ccc(-c3cc[n+](-c4ccc([N+](=O)[O-])cc4[N+](=O)[O-])cc3)cc2)c1. The van der Waals surface area contributed by atoms with Crippen molar-refractivity contribution in [3.8, 4) is 22.5 Å². The molecule has 11 nitrogen and oxygen atoms in total. The van der Waals surface area contributed by atoms with Gasteiger partial charge in [-0.15, -0.1) is 0 Å². The lowest BCUT2D eigenvalue weighted by atomic mass is 10.1. The Balaban J connectivity index is 1.25. The summed E-state index contributed by atoms with van der Waals surface area (Å²) in [6.07, 6.45) is 6.99. The van der Waals surface area contributed by atoms with E-state index in [0.717, 1.165) is 22.9 Å². The molecular weight excluding hydrogens is 526 g/mol. The number of nitro benzene ring substituents is 2. The number of hydrogen-bond donors (Lipinski definition) is 0. The lowest BCUT2D eigenvalue weighted by Crippen LogP contribution is -2.32. The summed E-state index contributed by atoms with van der Waals surface area (Å²) in [5, 5.41) is 22.5. The van der Waals surface area contributed by atoms with Gasteiger partial charge in [-0.25, -0.2) is 4.90 Å². The van der Waals surface area contributed by atoms with Crippen LogP contribution in [0.15, 0.2) is 116 Å². The third kappa shape index (κ3) is 4.46. The summed E-state index contributed by atoms with van der Waals surface area (Å²) in [6.45, 7) is 0. The Bertz CT molecular complexity index is 1850. The maximum Gasteiger partial charge on any atom is 0.347 e. The van der Waals surface area contributed by atoms with Gasteiger partial charge in [-0.3, -0.25) is 29.8 Å². The van der Waals surface area contributed by atoms with E-state index in [1.807, 2.05) is 35.2 Å². The third-order valence-corrected chi connectivity index (χ3v) is 6.82. The number of rotatable bonds is 6. The van der Waals surface area contributed by atoms with E-state index in [1.54, 1.807) is 67.0 Å². The first kappa shape index (κ1) is 25.2. The molecule has 6 rings (SSSR count). The summed E-state index contributed by atoms with van der Waals surface area (Å²) < 4.78 is 3.38. The molecule has 3 heterocycles. The zero-order valence-corrected chi connectivity index (χ0v) is 21.2.